The summed E-state index contributed by atoms with van der Waals surface area (Å²) in [5, 5.41) is 3.35. The van der Waals surface area contributed by atoms with Crippen molar-refractivity contribution in [3.63, 3.8) is 0 Å². The van der Waals surface area contributed by atoms with E-state index in [1.54, 1.807) is 0 Å². The Morgan fingerprint density at radius 1 is 1.25 bits per heavy atom. The number of piperidine rings is 1. The second-order valence-corrected chi connectivity index (χ2v) is 9.29. The molecule has 1 saturated heterocycles. The maximum absolute atomic E-state index is 13.0. The molecule has 2 amide bonds. The topological polar surface area (TPSA) is 44.8 Å². The van der Waals surface area contributed by atoms with E-state index in [-0.39, 0.29) is 23.6 Å². The van der Waals surface area contributed by atoms with Gasteiger partial charge in [0.1, 0.15) is 0 Å². The van der Waals surface area contributed by atoms with E-state index in [0.29, 0.717) is 13.2 Å². The zero-order chi connectivity index (χ0) is 20.1. The molecule has 5 nitrogen and oxygen atoms in total. The standard InChI is InChI=1S/C23H37N3O2/c1-5-28-20-11-8-13-26(16-20)22(27)24-21(23(2,3)4)17-25-14-12-18-9-6-7-10-19(18)15-25/h6-7,9-10,20-21H,5,8,11-17H2,1-4H3,(H,24,27)/t20-,21+/m1/s1. The number of carbonyl (C=O) groups excluding carboxylic acids is 1. The Kier molecular flexibility index (Phi) is 7.00. The molecule has 2 aliphatic heterocycles. The van der Waals surface area contributed by atoms with Gasteiger partial charge >= 0.3 is 6.03 Å². The summed E-state index contributed by atoms with van der Waals surface area (Å²) < 4.78 is 5.76. The number of rotatable bonds is 5. The van der Waals surface area contributed by atoms with Gasteiger partial charge in [0, 0.05) is 45.4 Å². The number of urea groups is 1. The molecular formula is C23H37N3O2. The largest absolute Gasteiger partial charge is 0.377 e. The highest BCUT2D eigenvalue weighted by molar-refractivity contribution is 5.74. The van der Waals surface area contributed by atoms with Crippen molar-refractivity contribution >= 4 is 6.03 Å². The molecule has 2 atom stereocenters. The summed E-state index contributed by atoms with van der Waals surface area (Å²) in [5.41, 5.74) is 2.88. The summed E-state index contributed by atoms with van der Waals surface area (Å²) in [5.74, 6) is 0. The fourth-order valence-corrected chi connectivity index (χ4v) is 4.24. The van der Waals surface area contributed by atoms with Crippen molar-refractivity contribution in [2.24, 2.45) is 5.41 Å². The van der Waals surface area contributed by atoms with Crippen LogP contribution in [0.5, 0.6) is 0 Å². The van der Waals surface area contributed by atoms with Gasteiger partial charge in [-0.1, -0.05) is 45.0 Å². The lowest BCUT2D eigenvalue weighted by Gasteiger charge is -2.40. The fourth-order valence-electron chi connectivity index (χ4n) is 4.24. The summed E-state index contributed by atoms with van der Waals surface area (Å²) in [6, 6.07) is 8.88. The normalized spacial score (nSPS) is 21.9. The molecule has 0 radical (unpaired) electrons. The Morgan fingerprint density at radius 3 is 2.71 bits per heavy atom. The molecule has 0 aliphatic carbocycles. The summed E-state index contributed by atoms with van der Waals surface area (Å²) >= 11 is 0. The van der Waals surface area contributed by atoms with Crippen molar-refractivity contribution in [1.82, 2.24) is 15.1 Å². The average molecular weight is 388 g/mol. The summed E-state index contributed by atoms with van der Waals surface area (Å²) in [4.78, 5) is 17.4. The Morgan fingerprint density at radius 2 is 2.00 bits per heavy atom. The molecule has 0 spiro atoms. The molecule has 1 N–H and O–H groups in total. The number of ether oxygens (including phenoxy) is 1. The molecule has 1 aromatic rings. The van der Waals surface area contributed by atoms with Crippen molar-refractivity contribution < 1.29 is 9.53 Å². The van der Waals surface area contributed by atoms with Gasteiger partial charge in [0.15, 0.2) is 0 Å². The molecule has 0 aromatic heterocycles. The molecule has 3 rings (SSSR count). The van der Waals surface area contributed by atoms with E-state index >= 15 is 0 Å². The van der Waals surface area contributed by atoms with Crippen LogP contribution in [-0.2, 0) is 17.7 Å². The number of benzene rings is 1. The molecule has 2 heterocycles. The molecule has 0 unspecified atom stereocenters. The second-order valence-electron chi connectivity index (χ2n) is 9.29. The molecule has 5 heteroatoms. The lowest BCUT2D eigenvalue weighted by Crippen LogP contribution is -2.56. The van der Waals surface area contributed by atoms with Crippen LogP contribution in [0.15, 0.2) is 24.3 Å². The van der Waals surface area contributed by atoms with Crippen LogP contribution in [-0.4, -0.2) is 60.8 Å². The lowest BCUT2D eigenvalue weighted by atomic mass is 9.86. The van der Waals surface area contributed by atoms with Gasteiger partial charge in [-0.2, -0.15) is 0 Å². The van der Waals surface area contributed by atoms with Crippen molar-refractivity contribution in [3.8, 4) is 0 Å². The predicted molar refractivity (Wildman–Crippen MR) is 113 cm³/mol. The monoisotopic (exact) mass is 387 g/mol. The van der Waals surface area contributed by atoms with E-state index in [2.05, 4.69) is 55.3 Å². The zero-order valence-electron chi connectivity index (χ0n) is 18.0. The smallest absolute Gasteiger partial charge is 0.317 e. The van der Waals surface area contributed by atoms with Crippen LogP contribution < -0.4 is 5.32 Å². The van der Waals surface area contributed by atoms with Crippen LogP contribution in [0.3, 0.4) is 0 Å². The quantitative estimate of drug-likeness (QED) is 0.838. The number of nitrogens with one attached hydrogen (secondary N) is 1. The Labute approximate surface area is 170 Å². The fraction of sp³-hybridized carbons (Fsp3) is 0.696. The van der Waals surface area contributed by atoms with Crippen LogP contribution in [0.4, 0.5) is 4.79 Å². The number of carbonyl (C=O) groups is 1. The van der Waals surface area contributed by atoms with Gasteiger partial charge in [0.25, 0.3) is 0 Å². The summed E-state index contributed by atoms with van der Waals surface area (Å²) in [6.45, 7) is 13.8. The van der Waals surface area contributed by atoms with Gasteiger partial charge in [-0.25, -0.2) is 4.79 Å². The molecule has 156 valence electrons. The minimum absolute atomic E-state index is 0.00172. The first-order chi connectivity index (χ1) is 13.4. The van der Waals surface area contributed by atoms with Gasteiger partial charge in [0.2, 0.25) is 0 Å². The Hall–Kier alpha value is -1.59. The lowest BCUT2D eigenvalue weighted by molar-refractivity contribution is 0.0152. The maximum atomic E-state index is 13.0. The number of hydrogen-bond donors (Lipinski definition) is 1. The molecule has 28 heavy (non-hydrogen) atoms. The van der Waals surface area contributed by atoms with Crippen molar-refractivity contribution in [1.29, 1.82) is 0 Å². The molecule has 1 fully saturated rings. The van der Waals surface area contributed by atoms with E-state index in [0.717, 1.165) is 45.4 Å². The maximum Gasteiger partial charge on any atom is 0.317 e. The van der Waals surface area contributed by atoms with Gasteiger partial charge in [-0.15, -0.1) is 0 Å². The molecule has 0 saturated carbocycles. The van der Waals surface area contributed by atoms with E-state index in [4.69, 9.17) is 4.74 Å². The molecule has 0 bridgehead atoms. The van der Waals surface area contributed by atoms with E-state index in [1.165, 1.54) is 11.1 Å². The summed E-state index contributed by atoms with van der Waals surface area (Å²) in [7, 11) is 0. The van der Waals surface area contributed by atoms with E-state index in [9.17, 15) is 4.79 Å². The van der Waals surface area contributed by atoms with Gasteiger partial charge in [-0.3, -0.25) is 4.90 Å². The van der Waals surface area contributed by atoms with Crippen molar-refractivity contribution in [2.45, 2.75) is 65.6 Å². The van der Waals surface area contributed by atoms with Crippen LogP contribution in [0.2, 0.25) is 0 Å². The van der Waals surface area contributed by atoms with Crippen LogP contribution in [0, 0.1) is 5.41 Å². The minimum Gasteiger partial charge on any atom is -0.377 e. The van der Waals surface area contributed by atoms with E-state index < -0.39 is 0 Å². The Balaban J connectivity index is 1.61. The first-order valence-electron chi connectivity index (χ1n) is 10.8. The molecule has 1 aromatic carbocycles. The summed E-state index contributed by atoms with van der Waals surface area (Å²) in [6.07, 6.45) is 3.33. The average Bonchev–Trinajstić information content (AvgIpc) is 2.67. The van der Waals surface area contributed by atoms with Crippen LogP contribution in [0.1, 0.15) is 51.7 Å². The van der Waals surface area contributed by atoms with Gasteiger partial charge in [-0.05, 0) is 42.7 Å². The van der Waals surface area contributed by atoms with E-state index in [1.807, 2.05) is 11.8 Å². The highest BCUT2D eigenvalue weighted by Crippen LogP contribution is 2.24. The number of likely N-dealkylation sites (tertiary alicyclic amines) is 1. The Bertz CT molecular complexity index is 653. The van der Waals surface area contributed by atoms with Gasteiger partial charge in [0.05, 0.1) is 6.10 Å². The number of hydrogen-bond acceptors (Lipinski definition) is 3. The van der Waals surface area contributed by atoms with Crippen LogP contribution >= 0.6 is 0 Å². The third-order valence-corrected chi connectivity index (χ3v) is 6.06. The highest BCUT2D eigenvalue weighted by Gasteiger charge is 2.32. The zero-order valence-corrected chi connectivity index (χ0v) is 18.0. The SMILES string of the molecule is CCO[C@@H]1CCCN(C(=O)N[C@@H](CN2CCc3ccccc3C2)C(C)(C)C)C1. The third-order valence-electron chi connectivity index (χ3n) is 6.06. The highest BCUT2D eigenvalue weighted by atomic mass is 16.5. The second kappa shape index (κ2) is 9.27. The minimum atomic E-state index is 0.00172. The first kappa shape index (κ1) is 21.1. The van der Waals surface area contributed by atoms with Crippen LogP contribution in [0.25, 0.3) is 0 Å². The number of amides is 2. The number of nitrogens with zero attached hydrogens (tertiary/aromatic N) is 2. The number of fused-ring (bicyclic) bond motifs is 1. The first-order valence-corrected chi connectivity index (χ1v) is 10.8. The predicted octanol–water partition coefficient (Wildman–Crippen LogP) is 3.67. The molecular weight excluding hydrogens is 350 g/mol. The molecule has 2 aliphatic rings. The van der Waals surface area contributed by atoms with Gasteiger partial charge < -0.3 is 15.0 Å². The van der Waals surface area contributed by atoms with Crippen molar-refractivity contribution in [2.75, 3.05) is 32.8 Å². The van der Waals surface area contributed by atoms with Crippen molar-refractivity contribution in [3.05, 3.63) is 35.4 Å². The third kappa shape index (κ3) is 5.48.